The van der Waals surface area contributed by atoms with Crippen LogP contribution in [0.2, 0.25) is 0 Å². The lowest BCUT2D eigenvalue weighted by atomic mass is 9.96. The molecule has 1 aromatic carbocycles. The van der Waals surface area contributed by atoms with E-state index in [0.717, 1.165) is 31.6 Å². The van der Waals surface area contributed by atoms with Crippen LogP contribution < -0.4 is 4.74 Å². The van der Waals surface area contributed by atoms with Crippen LogP contribution in [-0.2, 0) is 6.54 Å². The molecule has 1 atom stereocenters. The molecule has 2 aromatic rings. The fraction of sp³-hybridized carbons (Fsp3) is 0.500. The average molecular weight is 346 g/mol. The largest absolute Gasteiger partial charge is 0.494 e. The van der Waals surface area contributed by atoms with Gasteiger partial charge in [-0.25, -0.2) is 4.39 Å². The van der Waals surface area contributed by atoms with E-state index in [2.05, 4.69) is 21.7 Å². The van der Waals surface area contributed by atoms with Gasteiger partial charge in [-0.1, -0.05) is 6.92 Å². The summed E-state index contributed by atoms with van der Waals surface area (Å²) in [5, 5.41) is 8.28. The lowest BCUT2D eigenvalue weighted by molar-refractivity contribution is 0.0702. The maximum atomic E-state index is 13.9. The third-order valence-electron chi connectivity index (χ3n) is 4.58. The van der Waals surface area contributed by atoms with E-state index in [1.807, 2.05) is 0 Å². The van der Waals surface area contributed by atoms with E-state index >= 15 is 0 Å². The van der Waals surface area contributed by atoms with Crippen LogP contribution in [0.3, 0.4) is 0 Å². The number of nitrogens with zero attached hydrogens (tertiary/aromatic N) is 4. The first kappa shape index (κ1) is 17.4. The number of carbonyl (C=O) groups excluding carboxylic acids is 1. The zero-order chi connectivity index (χ0) is 17.8. The molecule has 1 saturated heterocycles. The second-order valence-electron chi connectivity index (χ2n) is 6.32. The topological polar surface area (TPSA) is 60.2 Å². The van der Waals surface area contributed by atoms with Crippen LogP contribution >= 0.6 is 0 Å². The SMILES string of the molecule is CCCn1cnnc1[C@@H]1CCCN(C(=O)c2ccc(OC)c(F)c2)C1. The van der Waals surface area contributed by atoms with Gasteiger partial charge in [0.2, 0.25) is 0 Å². The van der Waals surface area contributed by atoms with Crippen LogP contribution in [0.4, 0.5) is 4.39 Å². The zero-order valence-electron chi connectivity index (χ0n) is 14.6. The summed E-state index contributed by atoms with van der Waals surface area (Å²) in [6.07, 6.45) is 4.63. The van der Waals surface area contributed by atoms with Crippen molar-refractivity contribution in [2.24, 2.45) is 0 Å². The van der Waals surface area contributed by atoms with E-state index < -0.39 is 5.82 Å². The first-order chi connectivity index (χ1) is 12.1. The molecule has 0 saturated carbocycles. The monoisotopic (exact) mass is 346 g/mol. The smallest absolute Gasteiger partial charge is 0.253 e. The van der Waals surface area contributed by atoms with Gasteiger partial charge >= 0.3 is 0 Å². The van der Waals surface area contributed by atoms with Crippen LogP contribution in [0.1, 0.15) is 48.3 Å². The number of ether oxygens (including phenoxy) is 1. The fourth-order valence-corrected chi connectivity index (χ4v) is 3.35. The number of carbonyl (C=O) groups is 1. The van der Waals surface area contributed by atoms with Crippen molar-refractivity contribution in [2.75, 3.05) is 20.2 Å². The van der Waals surface area contributed by atoms with Crippen molar-refractivity contribution >= 4 is 5.91 Å². The lowest BCUT2D eigenvalue weighted by Gasteiger charge is -2.32. The number of methoxy groups -OCH3 is 1. The van der Waals surface area contributed by atoms with Gasteiger partial charge in [-0.15, -0.1) is 10.2 Å². The van der Waals surface area contributed by atoms with Gasteiger partial charge in [0.05, 0.1) is 7.11 Å². The molecule has 3 rings (SSSR count). The summed E-state index contributed by atoms with van der Waals surface area (Å²) in [4.78, 5) is 14.5. The van der Waals surface area contributed by atoms with Crippen LogP contribution in [0, 0.1) is 5.82 Å². The molecule has 6 nitrogen and oxygen atoms in total. The molecule has 0 bridgehead atoms. The number of benzene rings is 1. The minimum absolute atomic E-state index is 0.140. The molecule has 25 heavy (non-hydrogen) atoms. The minimum Gasteiger partial charge on any atom is -0.494 e. The predicted molar refractivity (Wildman–Crippen MR) is 91.1 cm³/mol. The molecule has 0 radical (unpaired) electrons. The van der Waals surface area contributed by atoms with Crippen molar-refractivity contribution in [3.63, 3.8) is 0 Å². The molecule has 7 heteroatoms. The summed E-state index contributed by atoms with van der Waals surface area (Å²) >= 11 is 0. The number of hydrogen-bond acceptors (Lipinski definition) is 4. The number of halogens is 1. The molecule has 0 unspecified atom stereocenters. The van der Waals surface area contributed by atoms with Crippen LogP contribution in [0.5, 0.6) is 5.75 Å². The van der Waals surface area contributed by atoms with Gasteiger partial charge in [0.25, 0.3) is 5.91 Å². The highest BCUT2D eigenvalue weighted by atomic mass is 19.1. The lowest BCUT2D eigenvalue weighted by Crippen LogP contribution is -2.39. The Bertz CT molecular complexity index is 746. The standard InChI is InChI=1S/C18H23FN4O2/c1-3-8-23-12-20-21-17(23)14-5-4-9-22(11-14)18(24)13-6-7-16(25-2)15(19)10-13/h6-7,10,12,14H,3-5,8-9,11H2,1-2H3/t14-/m1/s1. The van der Waals surface area contributed by atoms with E-state index in [9.17, 15) is 9.18 Å². The Labute approximate surface area is 146 Å². The van der Waals surface area contributed by atoms with Crippen LogP contribution in [-0.4, -0.2) is 45.8 Å². The van der Waals surface area contributed by atoms with Gasteiger partial charge in [0.15, 0.2) is 11.6 Å². The number of aryl methyl sites for hydroxylation is 1. The highest BCUT2D eigenvalue weighted by molar-refractivity contribution is 5.94. The molecule has 2 heterocycles. The van der Waals surface area contributed by atoms with E-state index in [4.69, 9.17) is 4.74 Å². The van der Waals surface area contributed by atoms with E-state index in [-0.39, 0.29) is 17.6 Å². The summed E-state index contributed by atoms with van der Waals surface area (Å²) in [5.41, 5.74) is 0.342. The van der Waals surface area contributed by atoms with Crippen molar-refractivity contribution in [2.45, 2.75) is 38.6 Å². The molecular weight excluding hydrogens is 323 g/mol. The molecular formula is C18H23FN4O2. The first-order valence-electron chi connectivity index (χ1n) is 8.64. The maximum Gasteiger partial charge on any atom is 0.253 e. The van der Waals surface area contributed by atoms with Gasteiger partial charge in [0, 0.05) is 31.1 Å². The third-order valence-corrected chi connectivity index (χ3v) is 4.58. The van der Waals surface area contributed by atoms with E-state index in [0.29, 0.717) is 18.7 Å². The van der Waals surface area contributed by atoms with Crippen molar-refractivity contribution < 1.29 is 13.9 Å². The Morgan fingerprint density at radius 3 is 3.00 bits per heavy atom. The predicted octanol–water partition coefficient (Wildman–Crippen LogP) is 2.86. The second-order valence-corrected chi connectivity index (χ2v) is 6.32. The normalized spacial score (nSPS) is 17.6. The summed E-state index contributed by atoms with van der Waals surface area (Å²) in [6, 6.07) is 4.33. The van der Waals surface area contributed by atoms with Crippen molar-refractivity contribution in [1.29, 1.82) is 0 Å². The molecule has 0 N–H and O–H groups in total. The van der Waals surface area contributed by atoms with Crippen molar-refractivity contribution in [3.8, 4) is 5.75 Å². The quantitative estimate of drug-likeness (QED) is 0.835. The molecule has 1 fully saturated rings. The molecule has 1 aliphatic heterocycles. The Morgan fingerprint density at radius 1 is 1.44 bits per heavy atom. The van der Waals surface area contributed by atoms with Gasteiger partial charge < -0.3 is 14.2 Å². The van der Waals surface area contributed by atoms with E-state index in [1.54, 1.807) is 17.3 Å². The fourth-order valence-electron chi connectivity index (χ4n) is 3.35. The summed E-state index contributed by atoms with van der Waals surface area (Å²) in [6.45, 7) is 4.23. The van der Waals surface area contributed by atoms with Gasteiger partial charge in [0.1, 0.15) is 12.2 Å². The number of piperidine rings is 1. The molecule has 0 aliphatic carbocycles. The highest BCUT2D eigenvalue weighted by Crippen LogP contribution is 2.27. The average Bonchev–Trinajstić information content (AvgIpc) is 3.10. The van der Waals surface area contributed by atoms with Crippen LogP contribution in [0.15, 0.2) is 24.5 Å². The number of amides is 1. The number of likely N-dealkylation sites (tertiary alicyclic amines) is 1. The van der Waals surface area contributed by atoms with Gasteiger partial charge in [-0.2, -0.15) is 0 Å². The maximum absolute atomic E-state index is 13.9. The highest BCUT2D eigenvalue weighted by Gasteiger charge is 2.28. The summed E-state index contributed by atoms with van der Waals surface area (Å²) in [7, 11) is 1.40. The third kappa shape index (κ3) is 3.65. The number of hydrogen-bond donors (Lipinski definition) is 0. The Kier molecular flexibility index (Phi) is 5.31. The molecule has 1 aliphatic rings. The Morgan fingerprint density at radius 2 is 2.28 bits per heavy atom. The molecule has 1 aromatic heterocycles. The number of aromatic nitrogens is 3. The van der Waals surface area contributed by atoms with Crippen molar-refractivity contribution in [3.05, 3.63) is 41.7 Å². The molecule has 1 amide bonds. The second kappa shape index (κ2) is 7.63. The summed E-state index contributed by atoms with van der Waals surface area (Å²) < 4.78 is 20.9. The van der Waals surface area contributed by atoms with Crippen molar-refractivity contribution in [1.82, 2.24) is 19.7 Å². The zero-order valence-corrected chi connectivity index (χ0v) is 14.6. The molecule has 0 spiro atoms. The minimum atomic E-state index is -0.524. The summed E-state index contributed by atoms with van der Waals surface area (Å²) in [5.74, 6) is 0.549. The number of rotatable bonds is 5. The van der Waals surface area contributed by atoms with Gasteiger partial charge in [-0.05, 0) is 37.5 Å². The first-order valence-corrected chi connectivity index (χ1v) is 8.64. The van der Waals surface area contributed by atoms with Gasteiger partial charge in [-0.3, -0.25) is 4.79 Å². The Balaban J connectivity index is 1.75. The van der Waals surface area contributed by atoms with E-state index in [1.165, 1.54) is 19.2 Å². The molecule has 134 valence electrons. The van der Waals surface area contributed by atoms with Crippen LogP contribution in [0.25, 0.3) is 0 Å². The Hall–Kier alpha value is -2.44.